The SMILES string of the molecule is FC(F)=[C-]OCO[C-]=C(F)F.[Rf].[Rf].[Rf].[Rf].[Rf]. The fourth-order valence-electron chi connectivity index (χ4n) is 0.197. The molecule has 0 aromatic carbocycles. The van der Waals surface area contributed by atoms with Crippen molar-refractivity contribution in [2.24, 2.45) is 0 Å². The van der Waals surface area contributed by atoms with Gasteiger partial charge in [0.15, 0.2) is 6.79 Å². The molecule has 74 valence electrons. The van der Waals surface area contributed by atoms with E-state index < -0.39 is 19.0 Å². The number of rotatable bonds is 4. The van der Waals surface area contributed by atoms with Gasteiger partial charge in [-0.05, 0) is 0 Å². The quantitative estimate of drug-likeness (QED) is 0.141. The summed E-state index contributed by atoms with van der Waals surface area (Å²) in [7, 11) is 0. The zero-order valence-corrected chi connectivity index (χ0v) is 40.6. The van der Waals surface area contributed by atoms with Gasteiger partial charge in [-0.2, -0.15) is 0 Å². The first-order chi connectivity index (χ1) is 5.13. The van der Waals surface area contributed by atoms with Gasteiger partial charge in [0.05, 0.1) is 0 Å². The minimum Gasteiger partial charge on any atom is -0.663 e. The minimum atomic E-state index is -2.20. The first-order valence-corrected chi connectivity index (χ1v) is 2.24. The third kappa shape index (κ3) is 111. The van der Waals surface area contributed by atoms with E-state index in [0.29, 0.717) is 0 Å². The molecule has 0 rings (SSSR count). The van der Waals surface area contributed by atoms with Crippen molar-refractivity contribution in [1.82, 2.24) is 0 Å². The third-order valence-electron chi connectivity index (χ3n) is 0.416. The average Bonchev–Trinajstić information content (AvgIpc) is 1.85. The molecular formula is C5H2F4O2Rf5-2. The van der Waals surface area contributed by atoms with E-state index in [2.05, 4.69) is 9.47 Å². The Morgan fingerprint density at radius 3 is 1.12 bits per heavy atom. The zero-order valence-electron chi connectivity index (χ0n) is 8.57. The standard InChI is InChI=1S/C5H2F4O2.5Rf/c6-4(7)1-10-3-11-2-5(8)9;;;;;/h3H2;;;;;/q-2;;;;;. The molecule has 0 N–H and O–H groups in total. The van der Waals surface area contributed by atoms with E-state index in [1.54, 1.807) is 0 Å². The Labute approximate surface area is 59.7 Å². The number of halogens is 4. The maximum atomic E-state index is 11.1. The van der Waals surface area contributed by atoms with E-state index in [9.17, 15) is 17.6 Å². The van der Waals surface area contributed by atoms with E-state index >= 15 is 0 Å². The summed E-state index contributed by atoms with van der Waals surface area (Å²) in [6.07, 6.45) is -2.23. The Bertz CT molecular complexity index is 154. The van der Waals surface area contributed by atoms with Crippen LogP contribution < -0.4 is 0 Å². The van der Waals surface area contributed by atoms with E-state index in [-0.39, 0.29) is 0 Å². The van der Waals surface area contributed by atoms with Gasteiger partial charge in [-0.25, -0.2) is 30.1 Å². The normalized spacial score (nSPS) is 5.75. The first-order valence-electron chi connectivity index (χ1n) is 2.24. The molecule has 0 aliphatic heterocycles. The average molecular weight is 1510 g/mol. The first kappa shape index (κ1) is 52.6. The number of hydrogen-bond acceptors (Lipinski definition) is 2. The van der Waals surface area contributed by atoms with Crippen LogP contribution in [0.15, 0.2) is 12.2 Å². The molecule has 0 radical (unpaired) electrons. The van der Waals surface area contributed by atoms with Crippen molar-refractivity contribution in [3.63, 3.8) is 0 Å². The van der Waals surface area contributed by atoms with Crippen molar-refractivity contribution in [2.45, 2.75) is 0 Å². The molecule has 0 fully saturated rings. The van der Waals surface area contributed by atoms with Crippen molar-refractivity contribution in [2.75, 3.05) is 6.79 Å². The third-order valence-corrected chi connectivity index (χ3v) is 0.416. The summed E-state index contributed by atoms with van der Waals surface area (Å²) in [5, 5.41) is 0. The van der Waals surface area contributed by atoms with Crippen LogP contribution in [0.1, 0.15) is 0 Å². The van der Waals surface area contributed by atoms with E-state index in [0.717, 1.165) is 12.5 Å². The van der Waals surface area contributed by atoms with Crippen LogP contribution in [-0.2, 0) is 9.47 Å². The van der Waals surface area contributed by atoms with Crippen LogP contribution in [0.4, 0.5) is 17.6 Å². The second-order valence-electron chi connectivity index (χ2n) is 1.13. The second-order valence-corrected chi connectivity index (χ2v) is 1.13. The van der Waals surface area contributed by atoms with Crippen LogP contribution in [0, 0.1) is 12.5 Å². The van der Waals surface area contributed by atoms with Crippen molar-refractivity contribution in [3.8, 4) is 0 Å². The van der Waals surface area contributed by atoms with E-state index in [1.165, 1.54) is 0 Å². The van der Waals surface area contributed by atoms with Gasteiger partial charge >= 0.3 is 0 Å². The van der Waals surface area contributed by atoms with Gasteiger partial charge in [-0.3, -0.25) is 0 Å². The van der Waals surface area contributed by atoms with Crippen LogP contribution in [0.25, 0.3) is 0 Å². The van der Waals surface area contributed by atoms with Gasteiger partial charge in [0, 0.05) is 0 Å². The van der Waals surface area contributed by atoms with Gasteiger partial charge in [0.1, 0.15) is 12.2 Å². The Balaban J connectivity index is -0.0000000500. The molecule has 0 atom stereocenters. The second kappa shape index (κ2) is 23.2. The Morgan fingerprint density at radius 2 is 0.938 bits per heavy atom. The van der Waals surface area contributed by atoms with Crippen LogP contribution in [-0.4, -0.2) is 6.79 Å². The number of ether oxygens (including phenoxy) is 2. The van der Waals surface area contributed by atoms with Crippen molar-refractivity contribution in [3.05, 3.63) is 24.7 Å². The van der Waals surface area contributed by atoms with Crippen LogP contribution in [0.3, 0.4) is 0 Å². The maximum Gasteiger partial charge on any atom is 0.160 e. The van der Waals surface area contributed by atoms with Gasteiger partial charge in [-0.15, -0.1) is 0 Å². The Hall–Kier alpha value is -6.20. The molecule has 0 unspecified atom stereocenters. The number of hydrogen-bond donors (Lipinski definition) is 0. The molecular weight excluding hydrogens is 1500 g/mol. The summed E-state index contributed by atoms with van der Waals surface area (Å²) in [5.74, 6) is 0. The van der Waals surface area contributed by atoms with Crippen molar-refractivity contribution < 1.29 is 27.0 Å². The fraction of sp³-hybridized carbons (Fsp3) is 0.200. The van der Waals surface area contributed by atoms with Gasteiger partial charge in [0.2, 0.25) is 0 Å². The molecule has 0 aliphatic rings. The summed E-state index contributed by atoms with van der Waals surface area (Å²) in [5.41, 5.74) is 0. The molecule has 2 nitrogen and oxygen atoms in total. The van der Waals surface area contributed by atoms with Gasteiger partial charge in [-0.1, -0.05) is 0 Å². The summed E-state index contributed by atoms with van der Waals surface area (Å²) < 4.78 is 51.8. The molecule has 0 saturated heterocycles. The van der Waals surface area contributed by atoms with Crippen molar-refractivity contribution >= 4 is 0 Å². The molecule has 11 heteroatoms. The Kier molecular flexibility index (Phi) is 76.3. The minimum absolute atomic E-state index is 0. The zero-order chi connectivity index (χ0) is 8.69. The molecule has 0 saturated carbocycles. The maximum absolute atomic E-state index is 11.1. The van der Waals surface area contributed by atoms with E-state index in [1.807, 2.05) is 0 Å². The van der Waals surface area contributed by atoms with E-state index in [4.69, 9.17) is 0 Å². The largest absolute Gasteiger partial charge is 0.663 e. The Morgan fingerprint density at radius 1 is 0.688 bits per heavy atom. The predicted molar refractivity (Wildman–Crippen MR) is 25.0 cm³/mol. The molecule has 0 heterocycles. The molecule has 0 bridgehead atoms. The van der Waals surface area contributed by atoms with Crippen LogP contribution >= 0.6 is 0 Å². The smallest absolute Gasteiger partial charge is 0.160 e. The summed E-state index contributed by atoms with van der Waals surface area (Å²) in [4.78, 5) is 0. The fourth-order valence-corrected chi connectivity index (χ4v) is 0.197. The molecule has 0 aromatic rings. The molecule has 0 spiro atoms. The van der Waals surface area contributed by atoms with Gasteiger partial charge < -0.3 is 9.47 Å². The summed E-state index contributed by atoms with van der Waals surface area (Å²) in [6, 6.07) is 0. The van der Waals surface area contributed by atoms with Crippen LogP contribution in [0.5, 0.6) is 0 Å². The van der Waals surface area contributed by atoms with Gasteiger partial charge in [0.25, 0.3) is 0 Å². The molecule has 0 aliphatic carbocycles. The molecule has 16 heavy (non-hydrogen) atoms. The predicted octanol–water partition coefficient (Wildman–Crippen LogP) is 2.06. The molecule has 0 amide bonds. The monoisotopic (exact) mass is 1510 g/mol. The summed E-state index contributed by atoms with van der Waals surface area (Å²) >= 11 is 0. The topological polar surface area (TPSA) is 18.5 Å². The summed E-state index contributed by atoms with van der Waals surface area (Å²) in [6.45, 7) is -0.783. The molecule has 0 aromatic heterocycles. The van der Waals surface area contributed by atoms with Crippen LogP contribution in [0.2, 0.25) is 0 Å². The van der Waals surface area contributed by atoms with Crippen molar-refractivity contribution in [1.29, 1.82) is 0 Å².